The maximum absolute atomic E-state index is 13.4. The third-order valence-corrected chi connectivity index (χ3v) is 8.99. The minimum Gasteiger partial charge on any atom is -0.497 e. The highest BCUT2D eigenvalue weighted by atomic mass is 32.2. The summed E-state index contributed by atoms with van der Waals surface area (Å²) in [5.41, 5.74) is 4.39. The Morgan fingerprint density at radius 3 is 2.21 bits per heavy atom. The number of hydrogen-bond acceptors (Lipinski definition) is 7. The number of rotatable bonds is 6. The normalized spacial score (nSPS) is 15.0. The lowest BCUT2D eigenvalue weighted by atomic mass is 10.1. The van der Waals surface area contributed by atoms with Crippen molar-refractivity contribution in [3.8, 4) is 22.8 Å². The molecule has 1 aliphatic heterocycles. The minimum absolute atomic E-state index is 0.426. The van der Waals surface area contributed by atoms with Gasteiger partial charge in [0.1, 0.15) is 11.5 Å². The van der Waals surface area contributed by atoms with E-state index in [9.17, 15) is 8.42 Å². The first-order valence-electron chi connectivity index (χ1n) is 10.8. The number of sulfonamides is 1. The lowest BCUT2D eigenvalue weighted by Crippen LogP contribution is -2.48. The summed E-state index contributed by atoms with van der Waals surface area (Å²) in [7, 11) is -0.289. The van der Waals surface area contributed by atoms with Gasteiger partial charge in [-0.2, -0.15) is 4.31 Å². The zero-order valence-corrected chi connectivity index (χ0v) is 21.2. The highest BCUT2D eigenvalue weighted by Gasteiger charge is 2.31. The predicted molar refractivity (Wildman–Crippen MR) is 132 cm³/mol. The molecule has 0 spiro atoms. The van der Waals surface area contributed by atoms with Gasteiger partial charge >= 0.3 is 0 Å². The van der Waals surface area contributed by atoms with Gasteiger partial charge in [-0.25, -0.2) is 13.4 Å². The summed E-state index contributed by atoms with van der Waals surface area (Å²) in [5, 5.41) is 2.88. The molecule has 0 radical (unpaired) electrons. The Morgan fingerprint density at radius 1 is 0.939 bits per heavy atom. The van der Waals surface area contributed by atoms with Gasteiger partial charge in [-0.3, -0.25) is 0 Å². The lowest BCUT2D eigenvalue weighted by Gasteiger charge is -2.34. The van der Waals surface area contributed by atoms with Gasteiger partial charge in [-0.1, -0.05) is 17.7 Å². The van der Waals surface area contributed by atoms with Gasteiger partial charge in [0.25, 0.3) is 0 Å². The molecule has 0 bridgehead atoms. The van der Waals surface area contributed by atoms with E-state index in [2.05, 4.69) is 4.90 Å². The fourth-order valence-corrected chi connectivity index (χ4v) is 7.08. The predicted octanol–water partition coefficient (Wildman–Crippen LogP) is 4.26. The first kappa shape index (κ1) is 23.5. The van der Waals surface area contributed by atoms with Gasteiger partial charge in [-0.15, -0.1) is 11.3 Å². The molecule has 0 aliphatic carbocycles. The SMILES string of the molecule is COc1ccc(-c2csc(N3CCN(S(=O)(=O)c4c(C)cc(C)cc4C)CC3)n2)c(OC)c1. The number of benzene rings is 2. The van der Waals surface area contributed by atoms with E-state index < -0.39 is 10.0 Å². The fourth-order valence-electron chi connectivity index (χ4n) is 4.37. The van der Waals surface area contributed by atoms with E-state index in [0.717, 1.165) is 38.8 Å². The maximum atomic E-state index is 13.4. The summed E-state index contributed by atoms with van der Waals surface area (Å²) < 4.78 is 39.1. The van der Waals surface area contributed by atoms with Crippen molar-refractivity contribution in [2.24, 2.45) is 0 Å². The summed E-state index contributed by atoms with van der Waals surface area (Å²) in [5.74, 6) is 1.42. The van der Waals surface area contributed by atoms with Crippen LogP contribution in [0.3, 0.4) is 0 Å². The molecule has 1 aliphatic rings. The quantitative estimate of drug-likeness (QED) is 0.517. The van der Waals surface area contributed by atoms with E-state index >= 15 is 0 Å². The number of nitrogens with zero attached hydrogens (tertiary/aromatic N) is 3. The molecule has 9 heteroatoms. The van der Waals surface area contributed by atoms with Crippen LogP contribution in [-0.4, -0.2) is 58.1 Å². The van der Waals surface area contributed by atoms with Crippen LogP contribution in [0.4, 0.5) is 5.13 Å². The topological polar surface area (TPSA) is 72.0 Å². The van der Waals surface area contributed by atoms with Crippen molar-refractivity contribution in [1.29, 1.82) is 0 Å². The molecule has 0 saturated carbocycles. The monoisotopic (exact) mass is 487 g/mol. The van der Waals surface area contributed by atoms with Crippen LogP contribution in [0.1, 0.15) is 16.7 Å². The van der Waals surface area contributed by atoms with Crippen LogP contribution < -0.4 is 14.4 Å². The van der Waals surface area contributed by atoms with Crippen LogP contribution in [-0.2, 0) is 10.0 Å². The molecule has 0 atom stereocenters. The van der Waals surface area contributed by atoms with Crippen molar-refractivity contribution >= 4 is 26.5 Å². The Morgan fingerprint density at radius 2 is 1.61 bits per heavy atom. The molecule has 2 aromatic carbocycles. The van der Waals surface area contributed by atoms with E-state index in [4.69, 9.17) is 14.5 Å². The molecule has 7 nitrogen and oxygen atoms in total. The average Bonchev–Trinajstić information content (AvgIpc) is 3.28. The lowest BCUT2D eigenvalue weighted by molar-refractivity contribution is 0.384. The van der Waals surface area contributed by atoms with Crippen LogP contribution in [0.15, 0.2) is 40.6 Å². The van der Waals surface area contributed by atoms with Crippen LogP contribution in [0, 0.1) is 20.8 Å². The second-order valence-electron chi connectivity index (χ2n) is 8.20. The van der Waals surface area contributed by atoms with Crippen molar-refractivity contribution in [1.82, 2.24) is 9.29 Å². The molecule has 0 amide bonds. The summed E-state index contributed by atoms with van der Waals surface area (Å²) in [6.07, 6.45) is 0. The van der Waals surface area contributed by atoms with Crippen molar-refractivity contribution in [2.75, 3.05) is 45.3 Å². The first-order chi connectivity index (χ1) is 15.7. The zero-order valence-electron chi connectivity index (χ0n) is 19.6. The summed E-state index contributed by atoms with van der Waals surface area (Å²) in [4.78, 5) is 7.39. The molecule has 2 heterocycles. The summed E-state index contributed by atoms with van der Waals surface area (Å²) in [6, 6.07) is 9.52. The van der Waals surface area contributed by atoms with Crippen molar-refractivity contribution in [2.45, 2.75) is 25.7 Å². The largest absolute Gasteiger partial charge is 0.497 e. The van der Waals surface area contributed by atoms with Gasteiger partial charge in [0.05, 0.1) is 24.8 Å². The van der Waals surface area contributed by atoms with E-state index in [1.54, 1.807) is 29.9 Å². The van der Waals surface area contributed by atoms with E-state index in [-0.39, 0.29) is 0 Å². The van der Waals surface area contributed by atoms with Crippen LogP contribution in [0.25, 0.3) is 11.3 Å². The minimum atomic E-state index is -3.54. The van der Waals surface area contributed by atoms with Crippen molar-refractivity contribution in [3.63, 3.8) is 0 Å². The fraction of sp³-hybridized carbons (Fsp3) is 0.375. The van der Waals surface area contributed by atoms with E-state index in [0.29, 0.717) is 36.8 Å². The Labute approximate surface area is 199 Å². The van der Waals surface area contributed by atoms with Crippen LogP contribution >= 0.6 is 11.3 Å². The standard InChI is InChI=1S/C24H29N3O4S2/c1-16-12-17(2)23(18(3)13-16)33(28,29)27-10-8-26(9-11-27)24-25-21(15-32-24)20-7-6-19(30-4)14-22(20)31-5/h6-7,12-15H,8-11H2,1-5H3. The Bertz CT molecular complexity index is 1240. The Hall–Kier alpha value is -2.62. The molecule has 4 rings (SSSR count). The van der Waals surface area contributed by atoms with Gasteiger partial charge in [0.2, 0.25) is 10.0 Å². The molecule has 33 heavy (non-hydrogen) atoms. The number of methoxy groups -OCH3 is 2. The number of anilines is 1. The molecule has 0 unspecified atom stereocenters. The Kier molecular flexibility index (Phi) is 6.65. The number of aromatic nitrogens is 1. The van der Waals surface area contributed by atoms with Gasteiger partial charge in [0.15, 0.2) is 5.13 Å². The molecule has 1 saturated heterocycles. The van der Waals surface area contributed by atoms with Gasteiger partial charge < -0.3 is 14.4 Å². The molecule has 1 aromatic heterocycles. The van der Waals surface area contributed by atoms with Gasteiger partial charge in [-0.05, 0) is 44.0 Å². The zero-order chi connectivity index (χ0) is 23.8. The molecular weight excluding hydrogens is 458 g/mol. The summed E-state index contributed by atoms with van der Waals surface area (Å²) in [6.45, 7) is 7.76. The number of thiazole rings is 1. The number of hydrogen-bond donors (Lipinski definition) is 0. The molecule has 176 valence electrons. The molecule has 3 aromatic rings. The smallest absolute Gasteiger partial charge is 0.243 e. The highest BCUT2D eigenvalue weighted by Crippen LogP contribution is 2.36. The van der Waals surface area contributed by atoms with Crippen molar-refractivity contribution in [3.05, 3.63) is 52.4 Å². The Balaban J connectivity index is 1.50. The number of aryl methyl sites for hydroxylation is 3. The highest BCUT2D eigenvalue weighted by molar-refractivity contribution is 7.89. The summed E-state index contributed by atoms with van der Waals surface area (Å²) >= 11 is 1.55. The second-order valence-corrected chi connectivity index (χ2v) is 10.9. The van der Waals surface area contributed by atoms with E-state index in [1.807, 2.05) is 56.5 Å². The molecule has 1 fully saturated rings. The van der Waals surface area contributed by atoms with Crippen molar-refractivity contribution < 1.29 is 17.9 Å². The third-order valence-electron chi connectivity index (χ3n) is 5.89. The van der Waals surface area contributed by atoms with Crippen LogP contribution in [0.5, 0.6) is 11.5 Å². The van der Waals surface area contributed by atoms with E-state index in [1.165, 1.54) is 0 Å². The first-order valence-corrected chi connectivity index (χ1v) is 13.1. The van der Waals surface area contributed by atoms with Gasteiger partial charge in [0, 0.05) is 43.2 Å². The number of piperazine rings is 1. The average molecular weight is 488 g/mol. The molecule has 0 N–H and O–H groups in total. The van der Waals surface area contributed by atoms with Crippen LogP contribution in [0.2, 0.25) is 0 Å². The maximum Gasteiger partial charge on any atom is 0.243 e. The molecular formula is C24H29N3O4S2. The second kappa shape index (κ2) is 9.32. The number of ether oxygens (including phenoxy) is 2. The third kappa shape index (κ3) is 4.58.